The quantitative estimate of drug-likeness (QED) is 0.829. The molecule has 1 aliphatic rings. The summed E-state index contributed by atoms with van der Waals surface area (Å²) >= 11 is 0. The molecule has 1 atom stereocenters. The van der Waals surface area contributed by atoms with Gasteiger partial charge in [-0.05, 0) is 55.7 Å². The van der Waals surface area contributed by atoms with Gasteiger partial charge in [0.1, 0.15) is 0 Å². The van der Waals surface area contributed by atoms with Crippen LogP contribution in [-0.4, -0.2) is 12.6 Å². The highest BCUT2D eigenvalue weighted by Crippen LogP contribution is 2.15. The molecule has 0 bridgehead atoms. The summed E-state index contributed by atoms with van der Waals surface area (Å²) in [5.74, 6) is 0.751. The van der Waals surface area contributed by atoms with E-state index in [0.717, 1.165) is 12.0 Å². The molecule has 0 spiro atoms. The van der Waals surface area contributed by atoms with Gasteiger partial charge in [-0.3, -0.25) is 0 Å². The number of rotatable bonds is 5. The second kappa shape index (κ2) is 7.69. The normalized spacial score (nSPS) is 20.5. The Kier molecular flexibility index (Phi) is 5.91. The molecule has 1 N–H and O–H groups in total. The SMILES string of the molecule is CC(C)Cc1ccc(CCC2CCCCCN2)cc1. The second-order valence-electron chi connectivity index (χ2n) is 6.45. The minimum Gasteiger partial charge on any atom is -0.314 e. The lowest BCUT2D eigenvalue weighted by molar-refractivity contribution is 0.478. The first-order valence-corrected chi connectivity index (χ1v) is 8.05. The van der Waals surface area contributed by atoms with Gasteiger partial charge in [-0.1, -0.05) is 51.0 Å². The van der Waals surface area contributed by atoms with Gasteiger partial charge in [0, 0.05) is 6.04 Å². The molecule has 1 heterocycles. The van der Waals surface area contributed by atoms with Crippen molar-refractivity contribution in [1.29, 1.82) is 0 Å². The molecule has 0 amide bonds. The number of aryl methyl sites for hydroxylation is 1. The number of hydrogen-bond acceptors (Lipinski definition) is 1. The van der Waals surface area contributed by atoms with E-state index in [1.54, 1.807) is 0 Å². The molecule has 1 fully saturated rings. The van der Waals surface area contributed by atoms with Crippen molar-refractivity contribution in [1.82, 2.24) is 5.32 Å². The van der Waals surface area contributed by atoms with Crippen molar-refractivity contribution < 1.29 is 0 Å². The molecule has 0 saturated carbocycles. The van der Waals surface area contributed by atoms with Crippen LogP contribution in [-0.2, 0) is 12.8 Å². The Morgan fingerprint density at radius 3 is 2.53 bits per heavy atom. The van der Waals surface area contributed by atoms with E-state index in [9.17, 15) is 0 Å². The summed E-state index contributed by atoms with van der Waals surface area (Å²) in [4.78, 5) is 0. The third kappa shape index (κ3) is 5.36. The van der Waals surface area contributed by atoms with Crippen LogP contribution in [0.5, 0.6) is 0 Å². The van der Waals surface area contributed by atoms with E-state index in [-0.39, 0.29) is 0 Å². The van der Waals surface area contributed by atoms with Gasteiger partial charge < -0.3 is 5.32 Å². The Morgan fingerprint density at radius 2 is 1.79 bits per heavy atom. The zero-order valence-electron chi connectivity index (χ0n) is 12.6. The smallest absolute Gasteiger partial charge is 0.00702 e. The Bertz CT molecular complexity index is 344. The molecule has 0 radical (unpaired) electrons. The van der Waals surface area contributed by atoms with Crippen LogP contribution in [0.4, 0.5) is 0 Å². The first-order valence-electron chi connectivity index (χ1n) is 8.05. The van der Waals surface area contributed by atoms with Gasteiger partial charge in [0.05, 0.1) is 0 Å². The predicted octanol–water partition coefficient (Wildman–Crippen LogP) is 4.35. The molecule has 0 aliphatic carbocycles. The van der Waals surface area contributed by atoms with Crippen molar-refractivity contribution >= 4 is 0 Å². The van der Waals surface area contributed by atoms with Crippen LogP contribution in [0.2, 0.25) is 0 Å². The molecule has 1 aromatic rings. The van der Waals surface area contributed by atoms with Crippen molar-refractivity contribution in [2.75, 3.05) is 6.54 Å². The van der Waals surface area contributed by atoms with Crippen LogP contribution in [0.1, 0.15) is 57.1 Å². The fourth-order valence-electron chi connectivity index (χ4n) is 3.00. The van der Waals surface area contributed by atoms with Crippen LogP contribution >= 0.6 is 0 Å². The maximum atomic E-state index is 3.69. The first-order chi connectivity index (χ1) is 9.24. The van der Waals surface area contributed by atoms with Crippen LogP contribution in [0.25, 0.3) is 0 Å². The Balaban J connectivity index is 1.78. The fourth-order valence-corrected chi connectivity index (χ4v) is 3.00. The summed E-state index contributed by atoms with van der Waals surface area (Å²) < 4.78 is 0. The van der Waals surface area contributed by atoms with Crippen molar-refractivity contribution in [3.05, 3.63) is 35.4 Å². The minimum absolute atomic E-state index is 0.748. The standard InChI is InChI=1S/C18H29N/c1-15(2)14-17-9-7-16(8-10-17)11-12-18-6-4-3-5-13-19-18/h7-10,15,18-19H,3-6,11-14H2,1-2H3. The van der Waals surface area contributed by atoms with E-state index in [1.807, 2.05) is 0 Å². The van der Waals surface area contributed by atoms with E-state index in [0.29, 0.717) is 0 Å². The van der Waals surface area contributed by atoms with Crippen LogP contribution in [0.3, 0.4) is 0 Å². The van der Waals surface area contributed by atoms with Crippen LogP contribution in [0.15, 0.2) is 24.3 Å². The highest BCUT2D eigenvalue weighted by molar-refractivity contribution is 5.23. The lowest BCUT2D eigenvalue weighted by Crippen LogP contribution is -2.28. The Labute approximate surface area is 118 Å². The maximum Gasteiger partial charge on any atom is 0.00702 e. The monoisotopic (exact) mass is 259 g/mol. The minimum atomic E-state index is 0.748. The molecule has 1 nitrogen and oxygen atoms in total. The van der Waals surface area contributed by atoms with E-state index < -0.39 is 0 Å². The largest absolute Gasteiger partial charge is 0.314 e. The summed E-state index contributed by atoms with van der Waals surface area (Å²) in [6, 6.07) is 10.0. The zero-order valence-corrected chi connectivity index (χ0v) is 12.6. The summed E-state index contributed by atoms with van der Waals surface area (Å²) in [5, 5.41) is 3.69. The molecule has 2 rings (SSSR count). The Morgan fingerprint density at radius 1 is 1.05 bits per heavy atom. The molecule has 1 heteroatoms. The van der Waals surface area contributed by atoms with E-state index >= 15 is 0 Å². The van der Waals surface area contributed by atoms with Crippen LogP contribution < -0.4 is 5.32 Å². The number of benzene rings is 1. The molecule has 0 aromatic heterocycles. The van der Waals surface area contributed by atoms with Crippen molar-refractivity contribution in [2.24, 2.45) is 5.92 Å². The zero-order chi connectivity index (χ0) is 13.5. The van der Waals surface area contributed by atoms with E-state index in [1.165, 1.54) is 62.6 Å². The molecule has 1 aliphatic heterocycles. The molecule has 1 unspecified atom stereocenters. The summed E-state index contributed by atoms with van der Waals surface area (Å²) in [7, 11) is 0. The Hall–Kier alpha value is -0.820. The first kappa shape index (κ1) is 14.6. The third-order valence-electron chi connectivity index (χ3n) is 4.11. The topological polar surface area (TPSA) is 12.0 Å². The predicted molar refractivity (Wildman–Crippen MR) is 83.6 cm³/mol. The lowest BCUT2D eigenvalue weighted by Gasteiger charge is -2.15. The summed E-state index contributed by atoms with van der Waals surface area (Å²) in [6.45, 7) is 5.79. The third-order valence-corrected chi connectivity index (χ3v) is 4.11. The van der Waals surface area contributed by atoms with Gasteiger partial charge in [0.2, 0.25) is 0 Å². The van der Waals surface area contributed by atoms with E-state index in [4.69, 9.17) is 0 Å². The highest BCUT2D eigenvalue weighted by Gasteiger charge is 2.11. The van der Waals surface area contributed by atoms with Crippen LogP contribution in [0, 0.1) is 5.92 Å². The molecule has 1 saturated heterocycles. The summed E-state index contributed by atoms with van der Waals surface area (Å²) in [6.07, 6.45) is 9.26. The van der Waals surface area contributed by atoms with Gasteiger partial charge in [-0.15, -0.1) is 0 Å². The average molecular weight is 259 g/mol. The van der Waals surface area contributed by atoms with Crippen molar-refractivity contribution in [2.45, 2.75) is 64.8 Å². The highest BCUT2D eigenvalue weighted by atomic mass is 14.9. The van der Waals surface area contributed by atoms with Gasteiger partial charge in [-0.25, -0.2) is 0 Å². The average Bonchev–Trinajstić information content (AvgIpc) is 2.66. The molecule has 19 heavy (non-hydrogen) atoms. The molecular formula is C18H29N. The maximum absolute atomic E-state index is 3.69. The second-order valence-corrected chi connectivity index (χ2v) is 6.45. The van der Waals surface area contributed by atoms with Crippen molar-refractivity contribution in [3.8, 4) is 0 Å². The molecular weight excluding hydrogens is 230 g/mol. The number of nitrogens with one attached hydrogen (secondary N) is 1. The number of hydrogen-bond donors (Lipinski definition) is 1. The van der Waals surface area contributed by atoms with Gasteiger partial charge in [0.25, 0.3) is 0 Å². The van der Waals surface area contributed by atoms with E-state index in [2.05, 4.69) is 43.4 Å². The van der Waals surface area contributed by atoms with Gasteiger partial charge in [0.15, 0.2) is 0 Å². The van der Waals surface area contributed by atoms with Gasteiger partial charge >= 0.3 is 0 Å². The fraction of sp³-hybridized carbons (Fsp3) is 0.667. The molecule has 1 aromatic carbocycles. The lowest BCUT2D eigenvalue weighted by atomic mass is 9.98. The van der Waals surface area contributed by atoms with Gasteiger partial charge in [-0.2, -0.15) is 0 Å². The summed E-state index contributed by atoms with van der Waals surface area (Å²) in [5.41, 5.74) is 2.98. The molecule has 106 valence electrons. The van der Waals surface area contributed by atoms with Crippen molar-refractivity contribution in [3.63, 3.8) is 0 Å².